The standard InChI is InChI=1S/C28H33FN4O5/c1-15-24(27(35)32-18-7-10-33(11-8-18)28(36)16(2)34)26-25(31-15)19(6-9-30-26)20-12-21(29)23(37-3)13-22(20)38-14-17-4-5-17/h6,9,12-13,16-18,31,34H,4-5,7-8,10-11,14H2,1-3H3,(H,32,35)/t16-/m0/s1. The number of piperidine rings is 1. The number of carbonyl (C=O) groups is 2. The van der Waals surface area contributed by atoms with Crippen LogP contribution in [0, 0.1) is 18.7 Å². The smallest absolute Gasteiger partial charge is 0.255 e. The summed E-state index contributed by atoms with van der Waals surface area (Å²) in [5.74, 6) is 0.0664. The fourth-order valence-corrected chi connectivity index (χ4v) is 4.99. The van der Waals surface area contributed by atoms with Gasteiger partial charge in [-0.25, -0.2) is 4.39 Å². The topological polar surface area (TPSA) is 117 Å². The van der Waals surface area contributed by atoms with Gasteiger partial charge in [-0.3, -0.25) is 14.6 Å². The summed E-state index contributed by atoms with van der Waals surface area (Å²) in [6, 6.07) is 4.64. The molecule has 38 heavy (non-hydrogen) atoms. The number of aromatic amines is 1. The van der Waals surface area contributed by atoms with Crippen LogP contribution in [-0.2, 0) is 4.79 Å². The molecule has 10 heteroatoms. The number of carbonyl (C=O) groups excluding carboxylic acids is 2. The SMILES string of the molecule is COc1cc(OCC2CC2)c(-c2ccnc3c(C(=O)NC4CCN(C(=O)[C@H](C)O)CC4)c(C)[nH]c23)cc1F. The van der Waals surface area contributed by atoms with E-state index < -0.39 is 11.9 Å². The van der Waals surface area contributed by atoms with Gasteiger partial charge in [0, 0.05) is 48.2 Å². The molecule has 0 unspecified atom stereocenters. The molecule has 3 N–H and O–H groups in total. The number of likely N-dealkylation sites (tertiary alicyclic amines) is 1. The molecule has 2 amide bonds. The molecule has 202 valence electrons. The van der Waals surface area contributed by atoms with Crippen LogP contribution in [0.15, 0.2) is 24.4 Å². The molecule has 1 aliphatic carbocycles. The van der Waals surface area contributed by atoms with Crippen LogP contribution in [0.2, 0.25) is 0 Å². The van der Waals surface area contributed by atoms with Gasteiger partial charge in [-0.15, -0.1) is 0 Å². The quantitative estimate of drug-likeness (QED) is 0.415. The van der Waals surface area contributed by atoms with E-state index >= 15 is 0 Å². The maximum Gasteiger partial charge on any atom is 0.255 e. The van der Waals surface area contributed by atoms with E-state index in [1.54, 1.807) is 23.2 Å². The summed E-state index contributed by atoms with van der Waals surface area (Å²) >= 11 is 0. The number of halogens is 1. The number of rotatable bonds is 8. The number of aromatic nitrogens is 2. The van der Waals surface area contributed by atoms with Crippen molar-refractivity contribution in [3.8, 4) is 22.6 Å². The molecule has 3 heterocycles. The molecule has 0 radical (unpaired) electrons. The van der Waals surface area contributed by atoms with Crippen LogP contribution in [0.5, 0.6) is 11.5 Å². The maximum atomic E-state index is 14.8. The summed E-state index contributed by atoms with van der Waals surface area (Å²) in [7, 11) is 1.42. The van der Waals surface area contributed by atoms with Crippen molar-refractivity contribution >= 4 is 22.8 Å². The van der Waals surface area contributed by atoms with E-state index in [2.05, 4.69) is 15.3 Å². The van der Waals surface area contributed by atoms with Gasteiger partial charge in [-0.05, 0) is 57.6 Å². The maximum absolute atomic E-state index is 14.8. The molecule has 1 saturated carbocycles. The molecule has 1 atom stereocenters. The molecule has 2 aliphatic rings. The first kappa shape index (κ1) is 26.0. The fraction of sp³-hybridized carbons (Fsp3) is 0.464. The van der Waals surface area contributed by atoms with E-state index in [1.165, 1.54) is 20.1 Å². The number of aryl methyl sites for hydroxylation is 1. The molecule has 9 nitrogen and oxygen atoms in total. The van der Waals surface area contributed by atoms with E-state index in [4.69, 9.17) is 9.47 Å². The third-order valence-corrected chi connectivity index (χ3v) is 7.32. The minimum atomic E-state index is -1.03. The first-order valence-electron chi connectivity index (χ1n) is 13.0. The van der Waals surface area contributed by atoms with Gasteiger partial charge in [0.25, 0.3) is 11.8 Å². The molecule has 5 rings (SSSR count). The Bertz CT molecular complexity index is 1360. The summed E-state index contributed by atoms with van der Waals surface area (Å²) in [6.45, 7) is 4.76. The zero-order valence-corrected chi connectivity index (χ0v) is 21.8. The zero-order chi connectivity index (χ0) is 27.0. The van der Waals surface area contributed by atoms with Gasteiger partial charge < -0.3 is 29.8 Å². The normalized spacial score (nSPS) is 16.9. The van der Waals surface area contributed by atoms with E-state index in [0.29, 0.717) is 77.6 Å². The van der Waals surface area contributed by atoms with Crippen molar-refractivity contribution in [3.63, 3.8) is 0 Å². The number of pyridine rings is 1. The minimum Gasteiger partial charge on any atom is -0.494 e. The molecule has 0 bridgehead atoms. The lowest BCUT2D eigenvalue weighted by Crippen LogP contribution is -2.48. The van der Waals surface area contributed by atoms with Crippen LogP contribution in [0.4, 0.5) is 4.39 Å². The molecular formula is C28H33FN4O5. The lowest BCUT2D eigenvalue weighted by Gasteiger charge is -2.33. The van der Waals surface area contributed by atoms with Gasteiger partial charge in [0.2, 0.25) is 0 Å². The Balaban J connectivity index is 1.42. The van der Waals surface area contributed by atoms with Gasteiger partial charge >= 0.3 is 0 Å². The molecular weight excluding hydrogens is 491 g/mol. The predicted octanol–water partition coefficient (Wildman–Crippen LogP) is 3.58. The van der Waals surface area contributed by atoms with E-state index in [9.17, 15) is 19.1 Å². The van der Waals surface area contributed by atoms with Gasteiger partial charge in [0.1, 0.15) is 17.4 Å². The van der Waals surface area contributed by atoms with E-state index in [0.717, 1.165) is 12.8 Å². The summed E-state index contributed by atoms with van der Waals surface area (Å²) in [6.07, 6.45) is 4.01. The molecule has 1 aromatic carbocycles. The van der Waals surface area contributed by atoms with Gasteiger partial charge in [0.05, 0.1) is 24.8 Å². The van der Waals surface area contributed by atoms with Gasteiger partial charge in [0.15, 0.2) is 11.6 Å². The van der Waals surface area contributed by atoms with Crippen LogP contribution >= 0.6 is 0 Å². The highest BCUT2D eigenvalue weighted by Gasteiger charge is 2.28. The Hall–Kier alpha value is -3.66. The van der Waals surface area contributed by atoms with Crippen LogP contribution in [0.25, 0.3) is 22.2 Å². The van der Waals surface area contributed by atoms with Crippen molar-refractivity contribution in [2.24, 2.45) is 5.92 Å². The third-order valence-electron chi connectivity index (χ3n) is 7.32. The highest BCUT2D eigenvalue weighted by Crippen LogP contribution is 2.40. The second-order valence-corrected chi connectivity index (χ2v) is 10.2. The second-order valence-electron chi connectivity index (χ2n) is 10.2. The molecule has 3 aromatic rings. The number of methoxy groups -OCH3 is 1. The van der Waals surface area contributed by atoms with Crippen LogP contribution in [0.3, 0.4) is 0 Å². The number of benzene rings is 1. The highest BCUT2D eigenvalue weighted by atomic mass is 19.1. The molecule has 1 aliphatic heterocycles. The first-order valence-corrected chi connectivity index (χ1v) is 13.0. The van der Waals surface area contributed by atoms with Gasteiger partial charge in [-0.1, -0.05) is 0 Å². The number of H-pyrrole nitrogens is 1. The highest BCUT2D eigenvalue weighted by molar-refractivity contribution is 6.09. The summed E-state index contributed by atoms with van der Waals surface area (Å²) < 4.78 is 26.1. The Morgan fingerprint density at radius 1 is 1.21 bits per heavy atom. The molecule has 0 spiro atoms. The first-order chi connectivity index (χ1) is 18.3. The monoisotopic (exact) mass is 524 g/mol. The minimum absolute atomic E-state index is 0.105. The lowest BCUT2D eigenvalue weighted by molar-refractivity contribution is -0.140. The fourth-order valence-electron chi connectivity index (χ4n) is 4.99. The number of nitrogens with one attached hydrogen (secondary N) is 2. The van der Waals surface area contributed by atoms with E-state index in [1.807, 2.05) is 6.92 Å². The zero-order valence-electron chi connectivity index (χ0n) is 21.8. The number of ether oxygens (including phenoxy) is 2. The third kappa shape index (κ3) is 5.18. The predicted molar refractivity (Wildman–Crippen MR) is 140 cm³/mol. The molecule has 2 fully saturated rings. The average Bonchev–Trinajstić information content (AvgIpc) is 3.67. The van der Waals surface area contributed by atoms with Crippen molar-refractivity contribution in [1.82, 2.24) is 20.2 Å². The van der Waals surface area contributed by atoms with E-state index in [-0.39, 0.29) is 23.6 Å². The molecule has 1 saturated heterocycles. The number of amides is 2. The van der Waals surface area contributed by atoms with Crippen LogP contribution in [0.1, 0.15) is 48.7 Å². The van der Waals surface area contributed by atoms with Crippen LogP contribution < -0.4 is 14.8 Å². The second kappa shape index (κ2) is 10.6. The Morgan fingerprint density at radius 2 is 1.95 bits per heavy atom. The van der Waals surface area contributed by atoms with Crippen molar-refractivity contribution in [2.45, 2.75) is 51.7 Å². The summed E-state index contributed by atoms with van der Waals surface area (Å²) in [5.41, 5.74) is 3.42. The number of nitrogens with zero attached hydrogens (tertiary/aromatic N) is 2. The summed E-state index contributed by atoms with van der Waals surface area (Å²) in [5, 5.41) is 12.6. The Kier molecular flexibility index (Phi) is 7.25. The van der Waals surface area contributed by atoms with Crippen molar-refractivity contribution in [1.29, 1.82) is 0 Å². The number of aliphatic hydroxyl groups excluding tert-OH is 1. The number of fused-ring (bicyclic) bond motifs is 1. The lowest BCUT2D eigenvalue weighted by atomic mass is 10.0. The number of aliphatic hydroxyl groups is 1. The Labute approximate surface area is 220 Å². The van der Waals surface area contributed by atoms with Crippen molar-refractivity contribution in [2.75, 3.05) is 26.8 Å². The number of hydrogen-bond acceptors (Lipinski definition) is 6. The Morgan fingerprint density at radius 3 is 2.61 bits per heavy atom. The largest absolute Gasteiger partial charge is 0.494 e. The van der Waals surface area contributed by atoms with Crippen molar-refractivity contribution < 1.29 is 28.6 Å². The van der Waals surface area contributed by atoms with Crippen LogP contribution in [-0.4, -0.2) is 70.7 Å². The molecule has 2 aromatic heterocycles. The van der Waals surface area contributed by atoms with Crippen molar-refractivity contribution in [3.05, 3.63) is 41.5 Å². The summed E-state index contributed by atoms with van der Waals surface area (Å²) in [4.78, 5) is 34.8. The number of hydrogen-bond donors (Lipinski definition) is 3. The van der Waals surface area contributed by atoms with Gasteiger partial charge in [-0.2, -0.15) is 0 Å². The average molecular weight is 525 g/mol.